The molecule has 1 aliphatic carbocycles. The number of piperazine rings is 1. The Labute approximate surface area is 194 Å². The zero-order valence-corrected chi connectivity index (χ0v) is 19.4. The van der Waals surface area contributed by atoms with E-state index >= 15 is 0 Å². The summed E-state index contributed by atoms with van der Waals surface area (Å²) in [4.78, 5) is 43.7. The van der Waals surface area contributed by atoms with Crippen LogP contribution in [0.2, 0.25) is 0 Å². The molecule has 3 heterocycles. The largest absolute Gasteiger partial charge is 0.464 e. The molecule has 4 aliphatic rings. The van der Waals surface area contributed by atoms with E-state index in [1.807, 2.05) is 0 Å². The van der Waals surface area contributed by atoms with Crippen LogP contribution in [-0.4, -0.2) is 135 Å². The number of cyclic esters (lactones) is 1. The van der Waals surface area contributed by atoms with Crippen molar-refractivity contribution in [3.05, 3.63) is 0 Å². The van der Waals surface area contributed by atoms with Crippen LogP contribution in [-0.2, 0) is 28.5 Å². The van der Waals surface area contributed by atoms with Crippen molar-refractivity contribution < 1.29 is 33.3 Å². The molecule has 33 heavy (non-hydrogen) atoms. The number of carbonyl (C=O) groups is 3. The van der Waals surface area contributed by atoms with Gasteiger partial charge in [-0.1, -0.05) is 0 Å². The standard InChI is InChI=1S/C22H36N4O7/c27-19(30-15-11-25-12-16-32-21(25)29)1-5-23-7-9-24(10-8-23)6-2-20(28)31-17-13-26-14-18-33-22(26)3-4-22/h1-18H2. The van der Waals surface area contributed by atoms with Gasteiger partial charge in [-0.15, -0.1) is 0 Å². The Kier molecular flexibility index (Phi) is 8.39. The first-order chi connectivity index (χ1) is 16.0. The van der Waals surface area contributed by atoms with Crippen LogP contribution in [0, 0.1) is 0 Å². The predicted octanol–water partition coefficient (Wildman–Crippen LogP) is -0.255. The summed E-state index contributed by atoms with van der Waals surface area (Å²) in [5.41, 5.74) is -0.0354. The highest BCUT2D eigenvalue weighted by Gasteiger charge is 2.52. The molecule has 3 aliphatic heterocycles. The second-order valence-electron chi connectivity index (χ2n) is 9.01. The molecule has 0 aromatic heterocycles. The molecule has 0 aromatic carbocycles. The fourth-order valence-corrected chi connectivity index (χ4v) is 4.57. The minimum atomic E-state index is -0.346. The van der Waals surface area contributed by atoms with E-state index in [1.165, 1.54) is 4.90 Å². The van der Waals surface area contributed by atoms with Crippen LogP contribution in [0.15, 0.2) is 0 Å². The van der Waals surface area contributed by atoms with E-state index < -0.39 is 0 Å². The lowest BCUT2D eigenvalue weighted by Gasteiger charge is -2.34. The number of carbonyl (C=O) groups excluding carboxylic acids is 3. The zero-order valence-electron chi connectivity index (χ0n) is 19.4. The van der Waals surface area contributed by atoms with E-state index in [0.717, 1.165) is 58.7 Å². The van der Waals surface area contributed by atoms with E-state index in [-0.39, 0.29) is 30.4 Å². The highest BCUT2D eigenvalue weighted by atomic mass is 16.6. The van der Waals surface area contributed by atoms with Gasteiger partial charge in [-0.05, 0) is 12.8 Å². The maximum atomic E-state index is 12.1. The van der Waals surface area contributed by atoms with Gasteiger partial charge in [0.1, 0.15) is 25.5 Å². The Morgan fingerprint density at radius 2 is 1.39 bits per heavy atom. The SMILES string of the molecule is O=C(CCN1CCN(CCC(=O)OCCN2CCOC23CC3)CC1)OCCN1CCOC1=O. The highest BCUT2D eigenvalue weighted by Crippen LogP contribution is 2.45. The van der Waals surface area contributed by atoms with Gasteiger partial charge in [0.05, 0.1) is 32.5 Å². The smallest absolute Gasteiger partial charge is 0.410 e. The van der Waals surface area contributed by atoms with Crippen LogP contribution in [0.3, 0.4) is 0 Å². The van der Waals surface area contributed by atoms with Gasteiger partial charge in [0.2, 0.25) is 0 Å². The Hall–Kier alpha value is -1.95. The average molecular weight is 469 g/mol. The Morgan fingerprint density at radius 1 is 0.788 bits per heavy atom. The molecular weight excluding hydrogens is 432 g/mol. The third-order valence-corrected chi connectivity index (χ3v) is 6.81. The topological polar surface area (TPSA) is 101 Å². The molecule has 0 bridgehead atoms. The van der Waals surface area contributed by atoms with E-state index in [4.69, 9.17) is 18.9 Å². The maximum Gasteiger partial charge on any atom is 0.410 e. The normalized spacial score (nSPS) is 23.2. The van der Waals surface area contributed by atoms with Crippen LogP contribution >= 0.6 is 0 Å². The summed E-state index contributed by atoms with van der Waals surface area (Å²) in [5, 5.41) is 0. The second-order valence-corrected chi connectivity index (χ2v) is 9.01. The van der Waals surface area contributed by atoms with Gasteiger partial charge in [0.15, 0.2) is 0 Å². The molecule has 0 N–H and O–H groups in total. The summed E-state index contributed by atoms with van der Waals surface area (Å²) < 4.78 is 21.2. The van der Waals surface area contributed by atoms with Crippen molar-refractivity contribution in [2.75, 3.05) is 91.9 Å². The summed E-state index contributed by atoms with van der Waals surface area (Å²) in [6.45, 7) is 9.20. The van der Waals surface area contributed by atoms with Crippen LogP contribution in [0.1, 0.15) is 25.7 Å². The van der Waals surface area contributed by atoms with E-state index in [9.17, 15) is 14.4 Å². The Balaban J connectivity index is 0.993. The molecule has 0 aromatic rings. The molecule has 0 atom stereocenters. The zero-order chi connectivity index (χ0) is 23.1. The first kappa shape index (κ1) is 24.2. The molecular formula is C22H36N4O7. The minimum absolute atomic E-state index is 0.0354. The molecule has 11 heteroatoms. The van der Waals surface area contributed by atoms with E-state index in [1.54, 1.807) is 0 Å². The Morgan fingerprint density at radius 3 is 1.94 bits per heavy atom. The van der Waals surface area contributed by atoms with Crippen molar-refractivity contribution in [2.45, 2.75) is 31.4 Å². The van der Waals surface area contributed by atoms with E-state index in [2.05, 4.69) is 14.7 Å². The van der Waals surface area contributed by atoms with Crippen molar-refractivity contribution in [2.24, 2.45) is 0 Å². The summed E-state index contributed by atoms with van der Waals surface area (Å²) in [6, 6.07) is 0. The maximum absolute atomic E-state index is 12.1. The van der Waals surface area contributed by atoms with Crippen LogP contribution in [0.25, 0.3) is 0 Å². The van der Waals surface area contributed by atoms with Crippen LogP contribution in [0.5, 0.6) is 0 Å². The summed E-state index contributed by atoms with van der Waals surface area (Å²) >= 11 is 0. The number of rotatable bonds is 12. The van der Waals surface area contributed by atoms with Gasteiger partial charge in [0.25, 0.3) is 0 Å². The van der Waals surface area contributed by atoms with Crippen molar-refractivity contribution in [3.8, 4) is 0 Å². The third kappa shape index (κ3) is 7.02. The summed E-state index contributed by atoms with van der Waals surface area (Å²) in [5.74, 6) is -0.395. The minimum Gasteiger partial charge on any atom is -0.464 e. The summed E-state index contributed by atoms with van der Waals surface area (Å²) in [7, 11) is 0. The van der Waals surface area contributed by atoms with Gasteiger partial charge in [-0.25, -0.2) is 4.79 Å². The number of amides is 1. The molecule has 4 fully saturated rings. The first-order valence-corrected chi connectivity index (χ1v) is 12.1. The van der Waals surface area contributed by atoms with Crippen molar-refractivity contribution in [3.63, 3.8) is 0 Å². The molecule has 4 rings (SSSR count). The van der Waals surface area contributed by atoms with Gasteiger partial charge in [0, 0.05) is 52.4 Å². The van der Waals surface area contributed by atoms with Crippen LogP contribution in [0.4, 0.5) is 4.79 Å². The average Bonchev–Trinajstić information content (AvgIpc) is 3.32. The number of hydrogen-bond donors (Lipinski definition) is 0. The fraction of sp³-hybridized carbons (Fsp3) is 0.864. The molecule has 0 unspecified atom stereocenters. The van der Waals surface area contributed by atoms with Gasteiger partial charge in [-0.2, -0.15) is 0 Å². The molecule has 1 saturated carbocycles. The lowest BCUT2D eigenvalue weighted by molar-refractivity contribution is -0.146. The molecule has 11 nitrogen and oxygen atoms in total. The molecule has 3 saturated heterocycles. The van der Waals surface area contributed by atoms with Gasteiger partial charge >= 0.3 is 18.0 Å². The van der Waals surface area contributed by atoms with Crippen molar-refractivity contribution in [1.82, 2.24) is 19.6 Å². The number of hydrogen-bond acceptors (Lipinski definition) is 10. The monoisotopic (exact) mass is 468 g/mol. The molecule has 0 radical (unpaired) electrons. The number of esters is 2. The van der Waals surface area contributed by atoms with Gasteiger partial charge < -0.3 is 33.6 Å². The van der Waals surface area contributed by atoms with Gasteiger partial charge in [-0.3, -0.25) is 14.5 Å². The number of ether oxygens (including phenoxy) is 4. The molecule has 1 amide bonds. The lowest BCUT2D eigenvalue weighted by Crippen LogP contribution is -2.47. The molecule has 1 spiro atoms. The third-order valence-electron chi connectivity index (χ3n) is 6.81. The van der Waals surface area contributed by atoms with E-state index in [0.29, 0.717) is 52.2 Å². The highest BCUT2D eigenvalue weighted by molar-refractivity contribution is 5.70. The number of nitrogens with zero attached hydrogens (tertiary/aromatic N) is 4. The summed E-state index contributed by atoms with van der Waals surface area (Å²) in [6.07, 6.45) is 2.56. The second kappa shape index (κ2) is 11.5. The fourth-order valence-electron chi connectivity index (χ4n) is 4.57. The lowest BCUT2D eigenvalue weighted by atomic mass is 10.2. The van der Waals surface area contributed by atoms with Crippen LogP contribution < -0.4 is 0 Å². The molecule has 186 valence electrons. The van der Waals surface area contributed by atoms with Crippen molar-refractivity contribution in [1.29, 1.82) is 0 Å². The first-order valence-electron chi connectivity index (χ1n) is 12.1. The quantitative estimate of drug-likeness (QED) is 0.281. The predicted molar refractivity (Wildman–Crippen MR) is 116 cm³/mol. The van der Waals surface area contributed by atoms with Crippen molar-refractivity contribution >= 4 is 18.0 Å². The Bertz CT molecular complexity index is 694.